The van der Waals surface area contributed by atoms with E-state index in [0.29, 0.717) is 18.0 Å². The Morgan fingerprint density at radius 2 is 2.04 bits per heavy atom. The zero-order valence-corrected chi connectivity index (χ0v) is 15.6. The van der Waals surface area contributed by atoms with E-state index in [0.717, 1.165) is 19.3 Å². The van der Waals surface area contributed by atoms with E-state index in [9.17, 15) is 13.2 Å². The van der Waals surface area contributed by atoms with Crippen LogP contribution >= 0.6 is 0 Å². The first-order chi connectivity index (χ1) is 12.2. The molecule has 0 bridgehead atoms. The lowest BCUT2D eigenvalue weighted by molar-refractivity contribution is -0.136. The number of ether oxygens (including phenoxy) is 1. The van der Waals surface area contributed by atoms with Crippen LogP contribution in [0.15, 0.2) is 16.5 Å². The van der Waals surface area contributed by atoms with E-state index in [1.54, 1.807) is 13.2 Å². The smallest absolute Gasteiger partial charge is 0.420 e. The molecular weight excluding hydrogens is 345 g/mol. The van der Waals surface area contributed by atoms with Crippen LogP contribution in [-0.4, -0.2) is 36.2 Å². The molecule has 2 atom stereocenters. The lowest BCUT2D eigenvalue weighted by Crippen LogP contribution is -2.38. The Bertz CT molecular complexity index is 770. The third kappa shape index (κ3) is 3.74. The van der Waals surface area contributed by atoms with Gasteiger partial charge in [0.2, 0.25) is 0 Å². The van der Waals surface area contributed by atoms with Crippen molar-refractivity contribution in [1.29, 1.82) is 0 Å². The second-order valence-corrected chi connectivity index (χ2v) is 7.38. The van der Waals surface area contributed by atoms with E-state index >= 15 is 0 Å². The highest BCUT2D eigenvalue weighted by Gasteiger charge is 2.36. The van der Waals surface area contributed by atoms with E-state index in [4.69, 9.17) is 9.15 Å². The number of methoxy groups -OCH3 is 1. The standard InChI is InChI=1S/C19H25F3N2O2/c1-11(2)18-23-14-9-12(8-13(17(14)26-18)19(20,21)22)10-24(3)15-6-5-7-16(15)25-4/h8-9,11,15-16H,5-7,10H2,1-4H3. The third-order valence-corrected chi connectivity index (χ3v) is 5.08. The van der Waals surface area contributed by atoms with Crippen LogP contribution in [0.3, 0.4) is 0 Å². The maximum Gasteiger partial charge on any atom is 0.420 e. The highest BCUT2D eigenvalue weighted by Crippen LogP contribution is 2.37. The van der Waals surface area contributed by atoms with E-state index < -0.39 is 11.7 Å². The first-order valence-corrected chi connectivity index (χ1v) is 8.94. The summed E-state index contributed by atoms with van der Waals surface area (Å²) in [6.45, 7) is 4.10. The van der Waals surface area contributed by atoms with Crippen LogP contribution in [0.25, 0.3) is 11.1 Å². The number of rotatable bonds is 5. The summed E-state index contributed by atoms with van der Waals surface area (Å²) < 4.78 is 51.6. The van der Waals surface area contributed by atoms with Gasteiger partial charge in [-0.1, -0.05) is 13.8 Å². The minimum Gasteiger partial charge on any atom is -0.440 e. The Labute approximate surface area is 151 Å². The van der Waals surface area contributed by atoms with Gasteiger partial charge >= 0.3 is 6.18 Å². The minimum atomic E-state index is -4.48. The molecule has 4 nitrogen and oxygen atoms in total. The quantitative estimate of drug-likeness (QED) is 0.745. The molecule has 1 aliphatic rings. The van der Waals surface area contributed by atoms with Gasteiger partial charge in [0.15, 0.2) is 11.5 Å². The van der Waals surface area contributed by atoms with Gasteiger partial charge in [-0.2, -0.15) is 13.2 Å². The second kappa shape index (κ2) is 7.19. The summed E-state index contributed by atoms with van der Waals surface area (Å²) in [6.07, 6.45) is -1.31. The molecule has 26 heavy (non-hydrogen) atoms. The molecule has 1 heterocycles. The third-order valence-electron chi connectivity index (χ3n) is 5.08. The molecule has 1 aromatic heterocycles. The monoisotopic (exact) mass is 370 g/mol. The van der Waals surface area contributed by atoms with Gasteiger partial charge in [0.25, 0.3) is 0 Å². The molecule has 1 fully saturated rings. The number of benzene rings is 1. The van der Waals surface area contributed by atoms with Gasteiger partial charge in [-0.05, 0) is 44.0 Å². The van der Waals surface area contributed by atoms with Crippen molar-refractivity contribution in [2.24, 2.45) is 0 Å². The zero-order valence-electron chi connectivity index (χ0n) is 15.6. The molecule has 0 radical (unpaired) electrons. The summed E-state index contributed by atoms with van der Waals surface area (Å²) in [7, 11) is 3.62. The fourth-order valence-electron chi connectivity index (χ4n) is 3.75. The summed E-state index contributed by atoms with van der Waals surface area (Å²) in [5.41, 5.74) is -0.0879. The van der Waals surface area contributed by atoms with E-state index in [1.807, 2.05) is 20.9 Å². The molecule has 0 spiro atoms. The van der Waals surface area contributed by atoms with Crippen LogP contribution in [0.1, 0.15) is 56.0 Å². The van der Waals surface area contributed by atoms with Crippen molar-refractivity contribution in [2.75, 3.05) is 14.2 Å². The van der Waals surface area contributed by atoms with Crippen molar-refractivity contribution in [2.45, 2.75) is 63.9 Å². The first kappa shape index (κ1) is 19.2. The van der Waals surface area contributed by atoms with Crippen LogP contribution in [0.5, 0.6) is 0 Å². The van der Waals surface area contributed by atoms with Gasteiger partial charge in [-0.3, -0.25) is 4.90 Å². The number of nitrogens with zero attached hydrogens (tertiary/aromatic N) is 2. The van der Waals surface area contributed by atoms with Crippen molar-refractivity contribution in [1.82, 2.24) is 9.88 Å². The van der Waals surface area contributed by atoms with Crippen LogP contribution in [0.2, 0.25) is 0 Å². The molecule has 7 heteroatoms. The van der Waals surface area contributed by atoms with Gasteiger partial charge in [0.05, 0.1) is 6.10 Å². The minimum absolute atomic E-state index is 0.0736. The van der Waals surface area contributed by atoms with Gasteiger partial charge in [0.1, 0.15) is 11.1 Å². The normalized spacial score (nSPS) is 21.4. The molecular formula is C19H25F3N2O2. The largest absolute Gasteiger partial charge is 0.440 e. The predicted molar refractivity (Wildman–Crippen MR) is 93.0 cm³/mol. The van der Waals surface area contributed by atoms with Crippen LogP contribution in [0, 0.1) is 0 Å². The second-order valence-electron chi connectivity index (χ2n) is 7.38. The highest BCUT2D eigenvalue weighted by molar-refractivity contribution is 5.78. The molecule has 2 aromatic rings. The van der Waals surface area contributed by atoms with Crippen molar-refractivity contribution in [3.8, 4) is 0 Å². The van der Waals surface area contributed by atoms with Crippen molar-refractivity contribution < 1.29 is 22.3 Å². The summed E-state index contributed by atoms with van der Waals surface area (Å²) in [4.78, 5) is 6.35. The molecule has 0 N–H and O–H groups in total. The summed E-state index contributed by atoms with van der Waals surface area (Å²) in [5.74, 6) is 0.252. The topological polar surface area (TPSA) is 38.5 Å². The molecule has 0 amide bonds. The number of likely N-dealkylation sites (N-methyl/N-ethyl adjacent to an activating group) is 1. The number of hydrogen-bond acceptors (Lipinski definition) is 4. The SMILES string of the molecule is COC1CCCC1N(C)Cc1cc(C(F)(F)F)c2oc(C(C)C)nc2c1. The number of fused-ring (bicyclic) bond motifs is 1. The van der Waals surface area contributed by atoms with Gasteiger partial charge in [0, 0.05) is 25.6 Å². The number of hydrogen-bond donors (Lipinski definition) is 0. The van der Waals surface area contributed by atoms with Gasteiger partial charge in [-0.25, -0.2) is 4.98 Å². The number of alkyl halides is 3. The number of halogens is 3. The molecule has 144 valence electrons. The van der Waals surface area contributed by atoms with Crippen molar-refractivity contribution in [3.05, 3.63) is 29.2 Å². The summed E-state index contributed by atoms with van der Waals surface area (Å²) >= 11 is 0. The van der Waals surface area contributed by atoms with Gasteiger partial charge < -0.3 is 9.15 Å². The lowest BCUT2D eigenvalue weighted by atomic mass is 10.1. The van der Waals surface area contributed by atoms with Crippen molar-refractivity contribution >= 4 is 11.1 Å². The van der Waals surface area contributed by atoms with E-state index in [2.05, 4.69) is 9.88 Å². The molecule has 0 saturated heterocycles. The molecule has 1 aliphatic carbocycles. The van der Waals surface area contributed by atoms with Crippen molar-refractivity contribution in [3.63, 3.8) is 0 Å². The zero-order chi connectivity index (χ0) is 19.1. The summed E-state index contributed by atoms with van der Waals surface area (Å²) in [5, 5.41) is 0. The average molecular weight is 370 g/mol. The summed E-state index contributed by atoms with van der Waals surface area (Å²) in [6, 6.07) is 3.10. The Morgan fingerprint density at radius 3 is 2.65 bits per heavy atom. The van der Waals surface area contributed by atoms with Gasteiger partial charge in [-0.15, -0.1) is 0 Å². The van der Waals surface area contributed by atoms with E-state index in [1.165, 1.54) is 6.07 Å². The fraction of sp³-hybridized carbons (Fsp3) is 0.632. The molecule has 0 aliphatic heterocycles. The predicted octanol–water partition coefficient (Wildman–Crippen LogP) is 4.97. The molecule has 1 saturated carbocycles. The Hall–Kier alpha value is -1.60. The first-order valence-electron chi connectivity index (χ1n) is 8.94. The Balaban J connectivity index is 1.95. The Morgan fingerprint density at radius 1 is 1.31 bits per heavy atom. The Kier molecular flexibility index (Phi) is 5.30. The maximum absolute atomic E-state index is 13.5. The molecule has 1 aromatic carbocycles. The number of oxazole rings is 1. The van der Waals surface area contributed by atoms with Crippen LogP contribution in [0.4, 0.5) is 13.2 Å². The average Bonchev–Trinajstić information content (AvgIpc) is 3.19. The molecule has 3 rings (SSSR count). The number of aromatic nitrogens is 1. The highest BCUT2D eigenvalue weighted by atomic mass is 19.4. The van der Waals surface area contributed by atoms with Crippen LogP contribution in [-0.2, 0) is 17.5 Å². The lowest BCUT2D eigenvalue weighted by Gasteiger charge is -2.29. The fourth-order valence-corrected chi connectivity index (χ4v) is 3.75. The van der Waals surface area contributed by atoms with E-state index in [-0.39, 0.29) is 29.2 Å². The van der Waals surface area contributed by atoms with Crippen LogP contribution < -0.4 is 0 Å². The maximum atomic E-state index is 13.5. The molecule has 2 unspecified atom stereocenters.